The average Bonchev–Trinajstić information content (AvgIpc) is 2.73. The van der Waals surface area contributed by atoms with E-state index in [1.54, 1.807) is 6.07 Å². The van der Waals surface area contributed by atoms with Gasteiger partial charge in [-0.05, 0) is 36.4 Å². The van der Waals surface area contributed by atoms with Gasteiger partial charge in [-0.1, -0.05) is 41.0 Å². The first kappa shape index (κ1) is 23.7. The van der Waals surface area contributed by atoms with Gasteiger partial charge in [0.1, 0.15) is 17.5 Å². The number of rotatable bonds is 4. The quantitative estimate of drug-likeness (QED) is 0.393. The van der Waals surface area contributed by atoms with Gasteiger partial charge in [-0.15, -0.1) is 0 Å². The van der Waals surface area contributed by atoms with Gasteiger partial charge in [0.15, 0.2) is 9.84 Å². The van der Waals surface area contributed by atoms with Crippen molar-refractivity contribution in [2.75, 3.05) is 5.32 Å². The van der Waals surface area contributed by atoms with Crippen LogP contribution in [0.25, 0.3) is 6.08 Å². The van der Waals surface area contributed by atoms with Crippen LogP contribution in [0.15, 0.2) is 63.2 Å². The molecular formula is C22H12Cl2F3NO3S2. The fraction of sp³-hybridized carbons (Fsp3) is 0.0455. The molecule has 1 aliphatic rings. The van der Waals surface area contributed by atoms with Crippen LogP contribution in [0, 0.1) is 17.5 Å². The summed E-state index contributed by atoms with van der Waals surface area (Å²) in [5, 5.41) is 2.94. The predicted octanol–water partition coefficient (Wildman–Crippen LogP) is 6.47. The first-order valence-corrected chi connectivity index (χ1v) is 12.4. The maximum absolute atomic E-state index is 14.0. The van der Waals surface area contributed by atoms with Gasteiger partial charge in [0.25, 0.3) is 5.91 Å². The van der Waals surface area contributed by atoms with Crippen molar-refractivity contribution >= 4 is 62.5 Å². The summed E-state index contributed by atoms with van der Waals surface area (Å²) in [6, 6.07) is 9.78. The fourth-order valence-corrected chi connectivity index (χ4v) is 6.13. The molecule has 0 unspecified atom stereocenters. The van der Waals surface area contributed by atoms with E-state index in [-0.39, 0.29) is 31.1 Å². The van der Waals surface area contributed by atoms with Gasteiger partial charge in [-0.2, -0.15) is 0 Å². The number of halogens is 5. The molecule has 1 aliphatic heterocycles. The molecule has 4 nitrogen and oxygen atoms in total. The van der Waals surface area contributed by atoms with Crippen molar-refractivity contribution in [1.82, 2.24) is 0 Å². The summed E-state index contributed by atoms with van der Waals surface area (Å²) < 4.78 is 66.9. The fourth-order valence-electron chi connectivity index (χ4n) is 3.10. The molecule has 170 valence electrons. The first-order valence-electron chi connectivity index (χ1n) is 9.20. The van der Waals surface area contributed by atoms with E-state index in [9.17, 15) is 26.4 Å². The van der Waals surface area contributed by atoms with Gasteiger partial charge < -0.3 is 5.32 Å². The van der Waals surface area contributed by atoms with E-state index >= 15 is 0 Å². The molecule has 0 spiro atoms. The van der Waals surface area contributed by atoms with Gasteiger partial charge in [-0.3, -0.25) is 4.79 Å². The van der Waals surface area contributed by atoms with E-state index in [1.807, 2.05) is 0 Å². The third kappa shape index (κ3) is 4.91. The molecule has 0 aliphatic carbocycles. The van der Waals surface area contributed by atoms with Crippen molar-refractivity contribution in [2.45, 2.75) is 15.5 Å². The Bertz CT molecular complexity index is 1400. The van der Waals surface area contributed by atoms with Gasteiger partial charge in [0.05, 0.1) is 21.2 Å². The highest BCUT2D eigenvalue weighted by atomic mass is 35.5. The number of carbonyl (C=O) groups excluding carboxylic acids is 1. The van der Waals surface area contributed by atoms with Crippen LogP contribution in [0.1, 0.15) is 11.1 Å². The van der Waals surface area contributed by atoms with Crippen LogP contribution in [0.5, 0.6) is 0 Å². The van der Waals surface area contributed by atoms with Crippen LogP contribution >= 0.6 is 35.0 Å². The zero-order valence-electron chi connectivity index (χ0n) is 16.3. The first-order chi connectivity index (χ1) is 15.5. The maximum Gasteiger partial charge on any atom is 0.262 e. The van der Waals surface area contributed by atoms with Crippen LogP contribution < -0.4 is 5.32 Å². The van der Waals surface area contributed by atoms with Gasteiger partial charge in [0.2, 0.25) is 0 Å². The molecule has 4 rings (SSSR count). The monoisotopic (exact) mass is 529 g/mol. The molecule has 0 bridgehead atoms. The van der Waals surface area contributed by atoms with Crippen molar-refractivity contribution in [3.63, 3.8) is 0 Å². The Hall–Kier alpha value is -2.46. The number of hydrogen-bond donors (Lipinski definition) is 1. The van der Waals surface area contributed by atoms with Crippen LogP contribution in [0.2, 0.25) is 10.0 Å². The lowest BCUT2D eigenvalue weighted by Crippen LogP contribution is -2.18. The number of fused-ring (bicyclic) bond motifs is 1. The lowest BCUT2D eigenvalue weighted by molar-refractivity contribution is -0.112. The van der Waals surface area contributed by atoms with Crippen LogP contribution in [0.3, 0.4) is 0 Å². The molecule has 0 saturated heterocycles. The second-order valence-corrected chi connectivity index (χ2v) is 10.9. The zero-order chi connectivity index (χ0) is 23.9. The SMILES string of the molecule is O=C1Nc2cc(S(=O)(=O)Cc3c(Cl)cccc3Cl)ccc2S/C1=C\c1c(F)cc(F)cc1F. The lowest BCUT2D eigenvalue weighted by atomic mass is 10.1. The highest BCUT2D eigenvalue weighted by Crippen LogP contribution is 2.41. The van der Waals surface area contributed by atoms with E-state index in [0.29, 0.717) is 17.0 Å². The maximum atomic E-state index is 14.0. The van der Waals surface area contributed by atoms with Gasteiger partial charge in [0, 0.05) is 38.2 Å². The van der Waals surface area contributed by atoms with Crippen molar-refractivity contribution < 1.29 is 26.4 Å². The molecular weight excluding hydrogens is 518 g/mol. The highest BCUT2D eigenvalue weighted by Gasteiger charge is 2.26. The standard InChI is InChI=1S/C22H12Cl2F3NO3S2/c23-15-2-1-3-16(24)14(15)10-33(30,31)12-4-5-20-19(8-12)28-22(29)21(32-20)9-13-17(26)6-11(25)7-18(13)27/h1-9H,10H2,(H,28,29)/b21-9-. The normalized spacial score (nSPS) is 14.8. The molecule has 33 heavy (non-hydrogen) atoms. The average molecular weight is 530 g/mol. The summed E-state index contributed by atoms with van der Waals surface area (Å²) in [4.78, 5) is 12.8. The molecule has 0 fully saturated rings. The number of sulfone groups is 1. The minimum absolute atomic E-state index is 0.0506. The number of nitrogens with one attached hydrogen (secondary N) is 1. The Morgan fingerprint density at radius 3 is 2.24 bits per heavy atom. The van der Waals surface area contributed by atoms with E-state index in [2.05, 4.69) is 5.32 Å². The summed E-state index contributed by atoms with van der Waals surface area (Å²) in [5.74, 6) is -4.53. The largest absolute Gasteiger partial charge is 0.320 e. The topological polar surface area (TPSA) is 63.2 Å². The highest BCUT2D eigenvalue weighted by molar-refractivity contribution is 8.04. The number of thioether (sulfide) groups is 1. The van der Waals surface area contributed by atoms with E-state index in [1.165, 1.54) is 30.3 Å². The summed E-state index contributed by atoms with van der Waals surface area (Å²) in [7, 11) is -3.87. The summed E-state index contributed by atoms with van der Waals surface area (Å²) in [5.41, 5.74) is -0.0904. The van der Waals surface area contributed by atoms with E-state index < -0.39 is 44.5 Å². The van der Waals surface area contributed by atoms with E-state index in [4.69, 9.17) is 23.2 Å². The van der Waals surface area contributed by atoms with E-state index in [0.717, 1.165) is 17.8 Å². The van der Waals surface area contributed by atoms with Crippen LogP contribution in [0.4, 0.5) is 18.9 Å². The number of anilines is 1. The summed E-state index contributed by atoms with van der Waals surface area (Å²) in [6.45, 7) is 0. The van der Waals surface area contributed by atoms with Crippen LogP contribution in [-0.2, 0) is 20.4 Å². The summed E-state index contributed by atoms with van der Waals surface area (Å²) in [6.07, 6.45) is 0.969. The molecule has 1 heterocycles. The molecule has 0 aromatic heterocycles. The molecule has 11 heteroatoms. The molecule has 3 aromatic carbocycles. The minimum Gasteiger partial charge on any atom is -0.320 e. The predicted molar refractivity (Wildman–Crippen MR) is 123 cm³/mol. The zero-order valence-corrected chi connectivity index (χ0v) is 19.5. The smallest absolute Gasteiger partial charge is 0.262 e. The number of amides is 1. The Morgan fingerprint density at radius 2 is 1.61 bits per heavy atom. The number of benzene rings is 3. The second-order valence-electron chi connectivity index (χ2n) is 6.97. The second kappa shape index (κ2) is 9.06. The molecule has 0 atom stereocenters. The number of hydrogen-bond acceptors (Lipinski definition) is 4. The van der Waals surface area contributed by atoms with Crippen molar-refractivity contribution in [2.24, 2.45) is 0 Å². The number of carbonyl (C=O) groups is 1. The lowest BCUT2D eigenvalue weighted by Gasteiger charge is -2.20. The molecule has 0 radical (unpaired) electrons. The molecule has 1 N–H and O–H groups in total. The molecule has 0 saturated carbocycles. The molecule has 1 amide bonds. The molecule has 3 aromatic rings. The van der Waals surface area contributed by atoms with Gasteiger partial charge in [-0.25, -0.2) is 21.6 Å². The third-order valence-corrected chi connectivity index (χ3v) is 8.17. The van der Waals surface area contributed by atoms with Crippen molar-refractivity contribution in [1.29, 1.82) is 0 Å². The van der Waals surface area contributed by atoms with Crippen LogP contribution in [-0.4, -0.2) is 14.3 Å². The Morgan fingerprint density at radius 1 is 0.970 bits per heavy atom. The Labute approximate surface area is 201 Å². The Balaban J connectivity index is 1.65. The minimum atomic E-state index is -3.87. The van der Waals surface area contributed by atoms with Crippen molar-refractivity contribution in [3.8, 4) is 0 Å². The van der Waals surface area contributed by atoms with Gasteiger partial charge >= 0.3 is 0 Å². The Kier molecular flexibility index (Phi) is 6.50. The third-order valence-electron chi connectivity index (χ3n) is 4.72. The van der Waals surface area contributed by atoms with Crippen molar-refractivity contribution in [3.05, 3.63) is 92.1 Å². The summed E-state index contributed by atoms with van der Waals surface area (Å²) >= 11 is 13.1.